The van der Waals surface area contributed by atoms with Crippen LogP contribution in [0.2, 0.25) is 5.02 Å². The maximum absolute atomic E-state index is 12.4. The van der Waals surface area contributed by atoms with Crippen molar-refractivity contribution in [2.24, 2.45) is 7.05 Å². The van der Waals surface area contributed by atoms with Crippen LogP contribution in [-0.2, 0) is 13.6 Å². The monoisotopic (exact) mass is 389 g/mol. The molecule has 0 unspecified atom stereocenters. The first-order valence-corrected chi connectivity index (χ1v) is 8.21. The predicted molar refractivity (Wildman–Crippen MR) is 99.2 cm³/mol. The van der Waals surface area contributed by atoms with Crippen LogP contribution >= 0.6 is 11.6 Å². The summed E-state index contributed by atoms with van der Waals surface area (Å²) in [6.45, 7) is 0.412. The minimum Gasteiger partial charge on any atom is -0.501 e. The Balaban J connectivity index is 1.92. The number of hydrogen-bond acceptors (Lipinski definition) is 7. The van der Waals surface area contributed by atoms with Crippen molar-refractivity contribution < 1.29 is 14.4 Å². The quantitative estimate of drug-likeness (QED) is 0.686. The number of hydrogen-bond donors (Lipinski definition) is 2. The van der Waals surface area contributed by atoms with Gasteiger partial charge >= 0.3 is 0 Å². The third-order valence-corrected chi connectivity index (χ3v) is 4.07. The minimum atomic E-state index is -0.755. The number of aromatic nitrogens is 3. The molecule has 140 valence electrons. The Labute approximate surface area is 158 Å². The third-order valence-electron chi connectivity index (χ3n) is 3.82. The summed E-state index contributed by atoms with van der Waals surface area (Å²) in [7, 11) is 3.18. The van der Waals surface area contributed by atoms with Crippen LogP contribution in [0.5, 0.6) is 5.75 Å². The highest BCUT2D eigenvalue weighted by atomic mass is 35.5. The Morgan fingerprint density at radius 1 is 1.37 bits per heavy atom. The molecule has 0 radical (unpaired) electrons. The minimum absolute atomic E-state index is 0.211. The Morgan fingerprint density at radius 3 is 2.70 bits per heavy atom. The van der Waals surface area contributed by atoms with Crippen LogP contribution in [0.15, 0.2) is 46.0 Å². The van der Waals surface area contributed by atoms with E-state index in [0.717, 1.165) is 5.56 Å². The van der Waals surface area contributed by atoms with E-state index < -0.39 is 22.9 Å². The molecule has 0 saturated carbocycles. The smallest absolute Gasteiger partial charge is 0.297 e. The van der Waals surface area contributed by atoms with Crippen LogP contribution in [0.3, 0.4) is 0 Å². The lowest BCUT2D eigenvalue weighted by Crippen LogP contribution is -2.31. The first-order valence-electron chi connectivity index (χ1n) is 7.83. The zero-order valence-corrected chi connectivity index (χ0v) is 15.3. The van der Waals surface area contributed by atoms with Crippen molar-refractivity contribution in [2.45, 2.75) is 6.54 Å². The molecule has 0 aliphatic rings. The summed E-state index contributed by atoms with van der Waals surface area (Å²) in [6.07, 6.45) is 2.49. The van der Waals surface area contributed by atoms with Crippen molar-refractivity contribution >= 4 is 29.1 Å². The first-order chi connectivity index (χ1) is 12.9. The van der Waals surface area contributed by atoms with E-state index in [0.29, 0.717) is 11.6 Å². The van der Waals surface area contributed by atoms with Crippen LogP contribution in [0.1, 0.15) is 16.1 Å². The van der Waals surface area contributed by atoms with Gasteiger partial charge in [-0.25, -0.2) is 4.98 Å². The second kappa shape index (κ2) is 7.50. The topological polar surface area (TPSA) is 113 Å². The van der Waals surface area contributed by atoms with Crippen molar-refractivity contribution in [3.63, 3.8) is 0 Å². The molecule has 9 nitrogen and oxygen atoms in total. The standard InChI is InChI=1S/C17H16ClN5O4/c1-22(8-10-3-5-11(18)6-4-10)17-21-13(14(24)16(26)23(17)2)15(25)20-12-7-19-27-9-12/h3-7,9,24H,8H2,1-2H3,(H,20,25). The molecule has 1 amide bonds. The summed E-state index contributed by atoms with van der Waals surface area (Å²) in [6, 6.07) is 7.20. The van der Waals surface area contributed by atoms with Gasteiger partial charge in [-0.3, -0.25) is 14.2 Å². The fourth-order valence-electron chi connectivity index (χ4n) is 2.47. The summed E-state index contributed by atoms with van der Waals surface area (Å²) in [5.41, 5.74) is 0.0772. The molecule has 0 fully saturated rings. The van der Waals surface area contributed by atoms with E-state index in [4.69, 9.17) is 11.6 Å². The van der Waals surface area contributed by atoms with Crippen molar-refractivity contribution in [2.75, 3.05) is 17.3 Å². The number of nitrogens with zero attached hydrogens (tertiary/aromatic N) is 4. The van der Waals surface area contributed by atoms with E-state index in [1.807, 2.05) is 12.1 Å². The molecule has 3 rings (SSSR count). The van der Waals surface area contributed by atoms with Gasteiger partial charge in [0.15, 0.2) is 5.69 Å². The number of benzene rings is 1. The molecule has 2 heterocycles. The summed E-state index contributed by atoms with van der Waals surface area (Å²) in [5.74, 6) is -1.28. The Bertz CT molecular complexity index is 1020. The molecule has 10 heteroatoms. The zero-order chi connectivity index (χ0) is 19.6. The second-order valence-electron chi connectivity index (χ2n) is 5.82. The zero-order valence-electron chi connectivity index (χ0n) is 14.5. The molecule has 0 aliphatic carbocycles. The largest absolute Gasteiger partial charge is 0.501 e. The average Bonchev–Trinajstić information content (AvgIpc) is 3.14. The molecule has 0 bridgehead atoms. The summed E-state index contributed by atoms with van der Waals surface area (Å²) < 4.78 is 5.80. The van der Waals surface area contributed by atoms with Crippen molar-refractivity contribution in [3.8, 4) is 5.75 Å². The van der Waals surface area contributed by atoms with E-state index in [-0.39, 0.29) is 11.6 Å². The second-order valence-corrected chi connectivity index (χ2v) is 6.26. The highest BCUT2D eigenvalue weighted by molar-refractivity contribution is 6.30. The molecule has 0 aliphatic heterocycles. The maximum Gasteiger partial charge on any atom is 0.297 e. The van der Waals surface area contributed by atoms with E-state index in [2.05, 4.69) is 20.0 Å². The van der Waals surface area contributed by atoms with Gasteiger partial charge in [-0.2, -0.15) is 0 Å². The Kier molecular flexibility index (Phi) is 5.13. The lowest BCUT2D eigenvalue weighted by atomic mass is 10.2. The van der Waals surface area contributed by atoms with Crippen LogP contribution in [0.4, 0.5) is 11.6 Å². The number of anilines is 2. The number of carbonyl (C=O) groups excluding carboxylic acids is 1. The number of halogens is 1. The average molecular weight is 390 g/mol. The molecule has 2 aromatic heterocycles. The fourth-order valence-corrected chi connectivity index (χ4v) is 2.60. The van der Waals surface area contributed by atoms with Gasteiger partial charge in [0.25, 0.3) is 11.5 Å². The van der Waals surface area contributed by atoms with Gasteiger partial charge in [0.1, 0.15) is 12.0 Å². The summed E-state index contributed by atoms with van der Waals surface area (Å²) >= 11 is 5.89. The van der Waals surface area contributed by atoms with Crippen LogP contribution in [-0.4, -0.2) is 32.8 Å². The summed E-state index contributed by atoms with van der Waals surface area (Å²) in [4.78, 5) is 30.6. The van der Waals surface area contributed by atoms with Gasteiger partial charge in [0.2, 0.25) is 11.7 Å². The Morgan fingerprint density at radius 2 is 2.07 bits per heavy atom. The fraction of sp³-hybridized carbons (Fsp3) is 0.176. The highest BCUT2D eigenvalue weighted by Gasteiger charge is 2.22. The van der Waals surface area contributed by atoms with Crippen LogP contribution < -0.4 is 15.8 Å². The third kappa shape index (κ3) is 3.93. The van der Waals surface area contributed by atoms with Crippen molar-refractivity contribution in [3.05, 3.63) is 63.4 Å². The maximum atomic E-state index is 12.4. The predicted octanol–water partition coefficient (Wildman–Crippen LogP) is 2.02. The molecular weight excluding hydrogens is 374 g/mol. The first kappa shape index (κ1) is 18.5. The van der Waals surface area contributed by atoms with E-state index >= 15 is 0 Å². The lowest BCUT2D eigenvalue weighted by Gasteiger charge is -2.21. The van der Waals surface area contributed by atoms with Crippen molar-refractivity contribution in [1.29, 1.82) is 0 Å². The Hall–Kier alpha value is -3.33. The van der Waals surface area contributed by atoms with Gasteiger partial charge in [0, 0.05) is 25.7 Å². The molecule has 0 atom stereocenters. The van der Waals surface area contributed by atoms with Crippen molar-refractivity contribution in [1.82, 2.24) is 14.7 Å². The molecular formula is C17H16ClN5O4. The SMILES string of the molecule is CN(Cc1ccc(Cl)cc1)c1nc(C(=O)Nc2cnoc2)c(O)c(=O)n1C. The number of carbonyl (C=O) groups is 1. The number of aromatic hydroxyl groups is 1. The number of rotatable bonds is 5. The number of nitrogens with one attached hydrogen (secondary N) is 1. The van der Waals surface area contributed by atoms with Gasteiger partial charge in [0.05, 0.1) is 6.20 Å². The molecule has 0 saturated heterocycles. The highest BCUT2D eigenvalue weighted by Crippen LogP contribution is 2.19. The molecule has 1 aromatic carbocycles. The summed E-state index contributed by atoms with van der Waals surface area (Å²) in [5, 5.41) is 16.6. The van der Waals surface area contributed by atoms with Gasteiger partial charge in [-0.1, -0.05) is 28.9 Å². The van der Waals surface area contributed by atoms with E-state index in [1.54, 1.807) is 24.1 Å². The molecule has 0 spiro atoms. The van der Waals surface area contributed by atoms with Gasteiger partial charge in [-0.15, -0.1) is 0 Å². The van der Waals surface area contributed by atoms with Crippen LogP contribution in [0, 0.1) is 0 Å². The lowest BCUT2D eigenvalue weighted by molar-refractivity contribution is 0.101. The van der Waals surface area contributed by atoms with Gasteiger partial charge in [-0.05, 0) is 17.7 Å². The van der Waals surface area contributed by atoms with Gasteiger partial charge < -0.3 is 19.8 Å². The van der Waals surface area contributed by atoms with E-state index in [9.17, 15) is 14.7 Å². The molecule has 2 N–H and O–H groups in total. The number of amides is 1. The molecule has 3 aromatic rings. The normalized spacial score (nSPS) is 10.6. The molecule has 27 heavy (non-hydrogen) atoms. The van der Waals surface area contributed by atoms with E-state index in [1.165, 1.54) is 24.1 Å². The van der Waals surface area contributed by atoms with Crippen LogP contribution in [0.25, 0.3) is 0 Å².